The van der Waals surface area contributed by atoms with E-state index in [1.54, 1.807) is 10.9 Å². The van der Waals surface area contributed by atoms with Crippen LogP contribution in [-0.4, -0.2) is 22.3 Å². The van der Waals surface area contributed by atoms with Crippen molar-refractivity contribution >= 4 is 0 Å². The van der Waals surface area contributed by atoms with Gasteiger partial charge in [0.15, 0.2) is 0 Å². The van der Waals surface area contributed by atoms with Crippen LogP contribution in [0.5, 0.6) is 0 Å². The van der Waals surface area contributed by atoms with Gasteiger partial charge in [0.25, 0.3) is 5.56 Å². The first-order valence-corrected chi connectivity index (χ1v) is 5.53. The van der Waals surface area contributed by atoms with Gasteiger partial charge < -0.3 is 4.74 Å². The fourth-order valence-electron chi connectivity index (χ4n) is 2.15. The number of aromatic nitrogens is 2. The smallest absolute Gasteiger partial charge is 0.256 e. The Morgan fingerprint density at radius 1 is 1.47 bits per heavy atom. The van der Waals surface area contributed by atoms with E-state index in [-0.39, 0.29) is 11.7 Å². The van der Waals surface area contributed by atoms with Crippen LogP contribution in [0.4, 0.5) is 0 Å². The molecule has 0 spiro atoms. The zero-order valence-electron chi connectivity index (χ0n) is 8.61. The Balaban J connectivity index is 1.98. The summed E-state index contributed by atoms with van der Waals surface area (Å²) in [5.74, 6) is 0. The van der Waals surface area contributed by atoms with Gasteiger partial charge in [-0.3, -0.25) is 9.36 Å². The van der Waals surface area contributed by atoms with E-state index in [9.17, 15) is 4.79 Å². The van der Waals surface area contributed by atoms with Crippen LogP contribution < -0.4 is 5.56 Å². The SMILES string of the molecule is O=c1c2c(ncn1C[C@H]1CO1)CCCC2. The van der Waals surface area contributed by atoms with Crippen molar-refractivity contribution in [3.05, 3.63) is 27.9 Å². The molecule has 1 aromatic rings. The molecule has 1 fully saturated rings. The highest BCUT2D eigenvalue weighted by atomic mass is 16.6. The zero-order valence-corrected chi connectivity index (χ0v) is 8.61. The molecule has 0 amide bonds. The van der Waals surface area contributed by atoms with Gasteiger partial charge in [0.2, 0.25) is 0 Å². The Kier molecular flexibility index (Phi) is 2.09. The number of aryl methyl sites for hydroxylation is 1. The molecule has 0 saturated carbocycles. The first-order chi connectivity index (χ1) is 7.34. The van der Waals surface area contributed by atoms with E-state index in [4.69, 9.17) is 4.74 Å². The highest BCUT2D eigenvalue weighted by Crippen LogP contribution is 2.16. The van der Waals surface area contributed by atoms with E-state index in [1.165, 1.54) is 0 Å². The van der Waals surface area contributed by atoms with E-state index >= 15 is 0 Å². The normalized spacial score (nSPS) is 23.6. The first-order valence-electron chi connectivity index (χ1n) is 5.53. The molecular weight excluding hydrogens is 192 g/mol. The highest BCUT2D eigenvalue weighted by Gasteiger charge is 2.24. The van der Waals surface area contributed by atoms with Crippen molar-refractivity contribution < 1.29 is 4.74 Å². The molecule has 4 nitrogen and oxygen atoms in total. The Hall–Kier alpha value is -1.16. The fraction of sp³-hybridized carbons (Fsp3) is 0.636. The molecule has 1 aliphatic heterocycles. The molecule has 2 heterocycles. The minimum atomic E-state index is 0.148. The number of hydrogen-bond acceptors (Lipinski definition) is 3. The second-order valence-corrected chi connectivity index (χ2v) is 4.29. The molecule has 15 heavy (non-hydrogen) atoms. The second kappa shape index (κ2) is 3.45. The lowest BCUT2D eigenvalue weighted by atomic mass is 9.97. The predicted molar refractivity (Wildman–Crippen MR) is 54.9 cm³/mol. The van der Waals surface area contributed by atoms with Gasteiger partial charge in [0.05, 0.1) is 31.3 Å². The zero-order chi connectivity index (χ0) is 10.3. The van der Waals surface area contributed by atoms with Crippen LogP contribution in [0.3, 0.4) is 0 Å². The molecule has 1 saturated heterocycles. The van der Waals surface area contributed by atoms with Crippen molar-refractivity contribution in [2.24, 2.45) is 0 Å². The molecule has 0 N–H and O–H groups in total. The number of hydrogen-bond donors (Lipinski definition) is 0. The summed E-state index contributed by atoms with van der Waals surface area (Å²) in [6, 6.07) is 0. The van der Waals surface area contributed by atoms with Gasteiger partial charge in [-0.25, -0.2) is 4.98 Å². The first kappa shape index (κ1) is 9.09. The number of rotatable bonds is 2. The van der Waals surface area contributed by atoms with Crippen LogP contribution in [0.2, 0.25) is 0 Å². The van der Waals surface area contributed by atoms with Crippen molar-refractivity contribution in [1.29, 1.82) is 0 Å². The van der Waals surface area contributed by atoms with E-state index in [2.05, 4.69) is 4.98 Å². The van der Waals surface area contributed by atoms with Gasteiger partial charge in [0, 0.05) is 5.56 Å². The maximum atomic E-state index is 12.0. The molecule has 80 valence electrons. The molecule has 3 rings (SSSR count). The Labute approximate surface area is 87.9 Å². The summed E-state index contributed by atoms with van der Waals surface area (Å²) >= 11 is 0. The topological polar surface area (TPSA) is 47.4 Å². The summed E-state index contributed by atoms with van der Waals surface area (Å²) in [7, 11) is 0. The van der Waals surface area contributed by atoms with Gasteiger partial charge in [-0.2, -0.15) is 0 Å². The Morgan fingerprint density at radius 2 is 2.27 bits per heavy atom. The highest BCUT2D eigenvalue weighted by molar-refractivity contribution is 5.19. The summed E-state index contributed by atoms with van der Waals surface area (Å²) in [5, 5.41) is 0. The van der Waals surface area contributed by atoms with Crippen LogP contribution in [0.1, 0.15) is 24.1 Å². The third-order valence-electron chi connectivity index (χ3n) is 3.11. The van der Waals surface area contributed by atoms with E-state index < -0.39 is 0 Å². The van der Waals surface area contributed by atoms with Gasteiger partial charge in [-0.1, -0.05) is 0 Å². The lowest BCUT2D eigenvalue weighted by Crippen LogP contribution is -2.29. The van der Waals surface area contributed by atoms with Crippen LogP contribution in [0.25, 0.3) is 0 Å². The lowest BCUT2D eigenvalue weighted by Gasteiger charge is -2.15. The van der Waals surface area contributed by atoms with E-state index in [1.807, 2.05) is 0 Å². The van der Waals surface area contributed by atoms with Crippen molar-refractivity contribution in [3.8, 4) is 0 Å². The maximum absolute atomic E-state index is 12.0. The Morgan fingerprint density at radius 3 is 3.07 bits per heavy atom. The summed E-state index contributed by atoms with van der Waals surface area (Å²) < 4.78 is 6.82. The molecule has 1 aromatic heterocycles. The van der Waals surface area contributed by atoms with Crippen molar-refractivity contribution in [1.82, 2.24) is 9.55 Å². The maximum Gasteiger partial charge on any atom is 0.256 e. The summed E-state index contributed by atoms with van der Waals surface area (Å²) in [5.41, 5.74) is 2.10. The van der Waals surface area contributed by atoms with Gasteiger partial charge in [-0.15, -0.1) is 0 Å². The van der Waals surface area contributed by atoms with E-state index in [0.717, 1.165) is 43.5 Å². The van der Waals surface area contributed by atoms with Gasteiger partial charge in [-0.05, 0) is 25.7 Å². The molecule has 0 aromatic carbocycles. The van der Waals surface area contributed by atoms with E-state index in [0.29, 0.717) is 6.54 Å². The minimum absolute atomic E-state index is 0.148. The molecule has 1 aliphatic carbocycles. The van der Waals surface area contributed by atoms with Crippen LogP contribution in [0, 0.1) is 0 Å². The molecule has 0 unspecified atom stereocenters. The molecule has 0 bridgehead atoms. The van der Waals surface area contributed by atoms with Crippen LogP contribution in [-0.2, 0) is 24.1 Å². The third-order valence-corrected chi connectivity index (χ3v) is 3.11. The average molecular weight is 206 g/mol. The molecule has 4 heteroatoms. The number of epoxide rings is 1. The largest absolute Gasteiger partial charge is 0.371 e. The van der Waals surface area contributed by atoms with Crippen LogP contribution >= 0.6 is 0 Å². The van der Waals surface area contributed by atoms with Crippen molar-refractivity contribution in [3.63, 3.8) is 0 Å². The molecular formula is C11H14N2O2. The van der Waals surface area contributed by atoms with Crippen LogP contribution in [0.15, 0.2) is 11.1 Å². The number of ether oxygens (including phenoxy) is 1. The molecule has 2 aliphatic rings. The Bertz CT molecular complexity index is 435. The predicted octanol–water partition coefficient (Wildman–Crippen LogP) is 0.521. The minimum Gasteiger partial charge on any atom is -0.371 e. The van der Waals surface area contributed by atoms with Crippen molar-refractivity contribution in [2.75, 3.05) is 6.61 Å². The van der Waals surface area contributed by atoms with Gasteiger partial charge >= 0.3 is 0 Å². The number of nitrogens with zero attached hydrogens (tertiary/aromatic N) is 2. The summed E-state index contributed by atoms with van der Waals surface area (Å²) in [6.45, 7) is 1.45. The third kappa shape index (κ3) is 1.69. The monoisotopic (exact) mass is 206 g/mol. The second-order valence-electron chi connectivity index (χ2n) is 4.29. The lowest BCUT2D eigenvalue weighted by molar-refractivity contribution is 0.378. The summed E-state index contributed by atoms with van der Waals surface area (Å²) in [4.78, 5) is 16.4. The molecule has 0 radical (unpaired) electrons. The standard InChI is InChI=1S/C11H14N2O2/c14-11-9-3-1-2-4-10(9)12-7-13(11)5-8-6-15-8/h7-8H,1-6H2/t8-/m0/s1. The fourth-order valence-corrected chi connectivity index (χ4v) is 2.15. The molecule has 1 atom stereocenters. The van der Waals surface area contributed by atoms with Gasteiger partial charge in [0.1, 0.15) is 0 Å². The quantitative estimate of drug-likeness (QED) is 0.663. The van der Waals surface area contributed by atoms with Crippen molar-refractivity contribution in [2.45, 2.75) is 38.3 Å². The number of fused-ring (bicyclic) bond motifs is 1. The average Bonchev–Trinajstić information content (AvgIpc) is 3.07. The summed E-state index contributed by atoms with van der Waals surface area (Å²) in [6.07, 6.45) is 6.06.